The zero-order valence-corrected chi connectivity index (χ0v) is 20.0. The van der Waals surface area contributed by atoms with Crippen molar-refractivity contribution < 1.29 is 14.4 Å². The first-order valence-electron chi connectivity index (χ1n) is 9.56. The van der Waals surface area contributed by atoms with E-state index >= 15 is 0 Å². The molecule has 0 aliphatic carbocycles. The number of nitrogens with zero attached hydrogens (tertiary/aromatic N) is 2. The molecule has 2 heterocycles. The average Bonchev–Trinajstić information content (AvgIpc) is 3.32. The van der Waals surface area contributed by atoms with Gasteiger partial charge in [0.05, 0.1) is 4.91 Å². The van der Waals surface area contributed by atoms with E-state index in [1.807, 2.05) is 48.0 Å². The van der Waals surface area contributed by atoms with Gasteiger partial charge >= 0.3 is 0 Å². The van der Waals surface area contributed by atoms with Gasteiger partial charge in [0.2, 0.25) is 5.91 Å². The summed E-state index contributed by atoms with van der Waals surface area (Å²) in [5, 5.41) is 2.84. The van der Waals surface area contributed by atoms with E-state index in [-0.39, 0.29) is 11.4 Å². The van der Waals surface area contributed by atoms with Gasteiger partial charge in [0.25, 0.3) is 11.1 Å². The molecular formula is C23H17BrClN3O3S. The highest BCUT2D eigenvalue weighted by Gasteiger charge is 2.36. The third-order valence-electron chi connectivity index (χ3n) is 4.80. The molecular weight excluding hydrogens is 514 g/mol. The maximum absolute atomic E-state index is 12.8. The summed E-state index contributed by atoms with van der Waals surface area (Å²) in [6.45, 7) is 1.57. The molecule has 2 aromatic carbocycles. The largest absolute Gasteiger partial charge is 0.325 e. The van der Waals surface area contributed by atoms with Crippen molar-refractivity contribution in [3.63, 3.8) is 0 Å². The van der Waals surface area contributed by atoms with E-state index in [1.54, 1.807) is 30.3 Å². The van der Waals surface area contributed by atoms with Gasteiger partial charge in [0.15, 0.2) is 0 Å². The number of nitrogens with one attached hydrogen (secondary N) is 1. The van der Waals surface area contributed by atoms with E-state index in [2.05, 4.69) is 21.2 Å². The molecule has 1 N–H and O–H groups in total. The van der Waals surface area contributed by atoms with E-state index in [1.165, 1.54) is 0 Å². The molecule has 1 aliphatic rings. The van der Waals surface area contributed by atoms with Crippen LogP contribution in [0.15, 0.2) is 70.2 Å². The molecule has 162 valence electrons. The fraction of sp³-hybridized carbons (Fsp3) is 0.0870. The van der Waals surface area contributed by atoms with Crippen LogP contribution in [0, 0.1) is 6.92 Å². The van der Waals surface area contributed by atoms with Crippen LogP contribution in [0.25, 0.3) is 11.8 Å². The molecule has 0 bridgehead atoms. The van der Waals surface area contributed by atoms with Crippen LogP contribution < -0.4 is 5.32 Å². The van der Waals surface area contributed by atoms with Crippen molar-refractivity contribution in [3.8, 4) is 5.69 Å². The third-order valence-corrected chi connectivity index (χ3v) is 6.64. The molecule has 1 saturated heterocycles. The van der Waals surface area contributed by atoms with Crippen LogP contribution in [0.3, 0.4) is 0 Å². The van der Waals surface area contributed by atoms with Crippen molar-refractivity contribution >= 4 is 68.1 Å². The SMILES string of the molecule is Cc1ccc(-n2cccc2/C=C2\SC(=O)N(CC(=O)Nc3ccc(Br)cc3)C2=O)cc1Cl. The fourth-order valence-electron chi connectivity index (χ4n) is 3.13. The highest BCUT2D eigenvalue weighted by molar-refractivity contribution is 9.10. The number of amides is 3. The second kappa shape index (κ2) is 9.36. The molecule has 0 spiro atoms. The highest BCUT2D eigenvalue weighted by atomic mass is 79.9. The van der Waals surface area contributed by atoms with Crippen LogP contribution >= 0.6 is 39.3 Å². The second-order valence-corrected chi connectivity index (χ2v) is 9.38. The topological polar surface area (TPSA) is 71.4 Å². The number of rotatable bonds is 5. The number of aryl methyl sites for hydroxylation is 1. The number of halogens is 2. The Morgan fingerprint density at radius 3 is 2.62 bits per heavy atom. The number of benzene rings is 2. The fourth-order valence-corrected chi connectivity index (χ4v) is 4.39. The summed E-state index contributed by atoms with van der Waals surface area (Å²) in [6.07, 6.45) is 3.49. The lowest BCUT2D eigenvalue weighted by Gasteiger charge is -2.12. The monoisotopic (exact) mass is 529 g/mol. The van der Waals surface area contributed by atoms with Gasteiger partial charge in [-0.3, -0.25) is 19.3 Å². The zero-order chi connectivity index (χ0) is 22.8. The molecule has 32 heavy (non-hydrogen) atoms. The average molecular weight is 531 g/mol. The molecule has 4 rings (SSSR count). The summed E-state index contributed by atoms with van der Waals surface area (Å²) in [5.74, 6) is -0.950. The van der Waals surface area contributed by atoms with Crippen molar-refractivity contribution in [3.05, 3.63) is 86.5 Å². The molecule has 1 aliphatic heterocycles. The van der Waals surface area contributed by atoms with E-state index in [0.717, 1.165) is 38.1 Å². The molecule has 0 saturated carbocycles. The highest BCUT2D eigenvalue weighted by Crippen LogP contribution is 2.33. The summed E-state index contributed by atoms with van der Waals surface area (Å²) in [7, 11) is 0. The standard InChI is InChI=1S/C23H17BrClN3O3S/c1-14-4-9-18(11-19(14)25)27-10-2-3-17(27)12-20-22(30)28(23(31)32-20)13-21(29)26-16-7-5-15(24)6-8-16/h2-12H,13H2,1H3,(H,26,29)/b20-12-. The van der Waals surface area contributed by atoms with E-state index < -0.39 is 17.1 Å². The summed E-state index contributed by atoms with van der Waals surface area (Å²) in [4.78, 5) is 38.8. The molecule has 3 amide bonds. The number of hydrogen-bond acceptors (Lipinski definition) is 4. The van der Waals surface area contributed by atoms with E-state index in [0.29, 0.717) is 10.7 Å². The predicted octanol–water partition coefficient (Wildman–Crippen LogP) is 5.88. The van der Waals surface area contributed by atoms with Gasteiger partial charge in [-0.05, 0) is 78.9 Å². The van der Waals surface area contributed by atoms with Crippen LogP contribution in [0.2, 0.25) is 5.02 Å². The van der Waals surface area contributed by atoms with Gasteiger partial charge in [-0.15, -0.1) is 0 Å². The van der Waals surface area contributed by atoms with E-state index in [9.17, 15) is 14.4 Å². The van der Waals surface area contributed by atoms with E-state index in [4.69, 9.17) is 11.6 Å². The quantitative estimate of drug-likeness (QED) is 0.418. The van der Waals surface area contributed by atoms with Gasteiger partial charge in [-0.2, -0.15) is 0 Å². The van der Waals surface area contributed by atoms with Crippen LogP contribution in [-0.4, -0.2) is 33.1 Å². The summed E-state index contributed by atoms with van der Waals surface area (Å²) in [5.41, 5.74) is 3.10. The molecule has 0 radical (unpaired) electrons. The Kier molecular flexibility index (Phi) is 6.55. The molecule has 1 fully saturated rings. The predicted molar refractivity (Wildman–Crippen MR) is 131 cm³/mol. The van der Waals surface area contributed by atoms with Crippen LogP contribution in [0.4, 0.5) is 10.5 Å². The molecule has 6 nitrogen and oxygen atoms in total. The summed E-state index contributed by atoms with van der Waals surface area (Å²) >= 11 is 10.4. The Hall–Kier alpha value is -2.81. The summed E-state index contributed by atoms with van der Waals surface area (Å²) in [6, 6.07) is 16.4. The number of hydrogen-bond donors (Lipinski definition) is 1. The number of imide groups is 1. The maximum atomic E-state index is 12.8. The maximum Gasteiger partial charge on any atom is 0.294 e. The Morgan fingerprint density at radius 1 is 1.16 bits per heavy atom. The molecule has 9 heteroatoms. The van der Waals surface area contributed by atoms with Gasteiger partial charge in [-0.1, -0.05) is 33.6 Å². The number of anilines is 1. The first kappa shape index (κ1) is 22.4. The van der Waals surface area contributed by atoms with Crippen LogP contribution in [0.1, 0.15) is 11.3 Å². The summed E-state index contributed by atoms with van der Waals surface area (Å²) < 4.78 is 2.75. The van der Waals surface area contributed by atoms with Crippen molar-refractivity contribution in [1.29, 1.82) is 0 Å². The lowest BCUT2D eigenvalue weighted by molar-refractivity contribution is -0.127. The number of carbonyl (C=O) groups excluding carboxylic acids is 3. The normalized spacial score (nSPS) is 15.0. The Balaban J connectivity index is 1.50. The minimum Gasteiger partial charge on any atom is -0.325 e. The number of thioether (sulfide) groups is 1. The molecule has 3 aromatic rings. The van der Waals surface area contributed by atoms with Crippen LogP contribution in [0.5, 0.6) is 0 Å². The lowest BCUT2D eigenvalue weighted by atomic mass is 10.2. The zero-order valence-electron chi connectivity index (χ0n) is 16.8. The first-order chi connectivity index (χ1) is 15.3. The Bertz CT molecular complexity index is 1250. The molecule has 1 aromatic heterocycles. The van der Waals surface area contributed by atoms with Gasteiger partial charge < -0.3 is 9.88 Å². The van der Waals surface area contributed by atoms with Crippen molar-refractivity contribution in [2.24, 2.45) is 0 Å². The second-order valence-electron chi connectivity index (χ2n) is 7.06. The van der Waals surface area contributed by atoms with Crippen LogP contribution in [-0.2, 0) is 9.59 Å². The van der Waals surface area contributed by atoms with Gasteiger partial charge in [-0.25, -0.2) is 0 Å². The smallest absolute Gasteiger partial charge is 0.294 e. The lowest BCUT2D eigenvalue weighted by Crippen LogP contribution is -2.36. The Morgan fingerprint density at radius 2 is 1.91 bits per heavy atom. The minimum absolute atomic E-state index is 0.254. The third kappa shape index (κ3) is 4.82. The van der Waals surface area contributed by atoms with Crippen molar-refractivity contribution in [2.75, 3.05) is 11.9 Å². The minimum atomic E-state index is -0.499. The van der Waals surface area contributed by atoms with Gasteiger partial charge in [0.1, 0.15) is 6.54 Å². The molecule has 0 unspecified atom stereocenters. The Labute approximate surface area is 202 Å². The number of aromatic nitrogens is 1. The first-order valence-corrected chi connectivity index (χ1v) is 11.6. The van der Waals surface area contributed by atoms with Crippen molar-refractivity contribution in [1.82, 2.24) is 9.47 Å². The number of carbonyl (C=O) groups is 3. The van der Waals surface area contributed by atoms with Crippen molar-refractivity contribution in [2.45, 2.75) is 6.92 Å². The molecule has 0 atom stereocenters. The van der Waals surface area contributed by atoms with Gasteiger partial charge in [0, 0.05) is 32.8 Å².